The van der Waals surface area contributed by atoms with E-state index in [4.69, 9.17) is 0 Å². The predicted molar refractivity (Wildman–Crippen MR) is 101 cm³/mol. The van der Waals surface area contributed by atoms with Gasteiger partial charge in [0.25, 0.3) is 11.7 Å². The van der Waals surface area contributed by atoms with Crippen LogP contribution in [0.4, 0.5) is 0 Å². The van der Waals surface area contributed by atoms with Gasteiger partial charge in [-0.1, -0.05) is 57.2 Å². The van der Waals surface area contributed by atoms with Crippen LogP contribution >= 0.6 is 0 Å². The smallest absolute Gasteiger partial charge is 0.292 e. The van der Waals surface area contributed by atoms with Gasteiger partial charge in [0.15, 0.2) is 0 Å². The number of aryl methyl sites for hydroxylation is 2. The lowest BCUT2D eigenvalue weighted by Gasteiger charge is -2.14. The topological polar surface area (TPSA) is 51.1 Å². The second kappa shape index (κ2) is 8.32. The molecule has 0 bridgehead atoms. The molecule has 0 saturated carbocycles. The third-order valence-corrected chi connectivity index (χ3v) is 5.09. The van der Waals surface area contributed by atoms with Gasteiger partial charge in [0, 0.05) is 24.7 Å². The Kier molecular flexibility index (Phi) is 5.90. The molecule has 134 valence electrons. The zero-order valence-electron chi connectivity index (χ0n) is 15.1. The lowest BCUT2D eigenvalue weighted by molar-refractivity contribution is -0.117. The molecule has 0 atom stereocenters. The number of hydrogen-bond acceptors (Lipinski definition) is 2. The first-order valence-electron chi connectivity index (χ1n) is 9.65. The Hall–Kier alpha value is -2.10. The maximum atomic E-state index is 12.6. The van der Waals surface area contributed by atoms with Crippen LogP contribution in [0.15, 0.2) is 24.4 Å². The maximum Gasteiger partial charge on any atom is 0.292 e. The molecule has 0 aliphatic carbocycles. The molecule has 0 fully saturated rings. The summed E-state index contributed by atoms with van der Waals surface area (Å²) in [6.45, 7) is 3.70. The van der Waals surface area contributed by atoms with Crippen molar-refractivity contribution in [2.45, 2.75) is 64.8 Å². The molecular formula is C21H28N2O2. The number of carbonyl (C=O) groups excluding carboxylic acids is 2. The molecule has 0 radical (unpaired) electrons. The molecule has 2 aromatic rings. The van der Waals surface area contributed by atoms with Crippen LogP contribution in [0.1, 0.15) is 67.8 Å². The van der Waals surface area contributed by atoms with Crippen LogP contribution in [0.5, 0.6) is 0 Å². The Balaban J connectivity index is 1.59. The van der Waals surface area contributed by atoms with Gasteiger partial charge in [0.1, 0.15) is 0 Å². The molecular weight excluding hydrogens is 312 g/mol. The summed E-state index contributed by atoms with van der Waals surface area (Å²) in [6.07, 6.45) is 11.0. The number of unbranched alkanes of at least 4 members (excludes halogenated alkanes) is 5. The van der Waals surface area contributed by atoms with E-state index in [0.717, 1.165) is 43.1 Å². The number of benzene rings is 1. The Labute approximate surface area is 149 Å². The first-order chi connectivity index (χ1) is 12.2. The minimum Gasteiger partial charge on any atom is -0.349 e. The number of hydrogen-bond donors (Lipinski definition) is 1. The number of rotatable bonds is 9. The average molecular weight is 340 g/mol. The fourth-order valence-electron chi connectivity index (χ4n) is 3.75. The molecule has 2 heterocycles. The molecule has 1 N–H and O–H groups in total. The van der Waals surface area contributed by atoms with E-state index < -0.39 is 11.7 Å². The third kappa shape index (κ3) is 3.94. The summed E-state index contributed by atoms with van der Waals surface area (Å²) in [7, 11) is 0. The minimum atomic E-state index is -0.475. The zero-order valence-corrected chi connectivity index (χ0v) is 15.1. The first-order valence-corrected chi connectivity index (χ1v) is 9.65. The number of carbonyl (C=O) groups is 2. The van der Waals surface area contributed by atoms with E-state index in [0.29, 0.717) is 12.1 Å². The number of nitrogens with zero attached hydrogens (tertiary/aromatic N) is 1. The van der Waals surface area contributed by atoms with E-state index in [1.165, 1.54) is 31.2 Å². The molecule has 0 spiro atoms. The number of nitrogens with one attached hydrogen (secondary N) is 1. The third-order valence-electron chi connectivity index (χ3n) is 5.09. The van der Waals surface area contributed by atoms with Crippen LogP contribution in [0, 0.1) is 0 Å². The molecule has 0 saturated heterocycles. The molecule has 1 aromatic heterocycles. The van der Waals surface area contributed by atoms with Crippen LogP contribution in [-0.4, -0.2) is 22.8 Å². The first kappa shape index (κ1) is 17.7. The number of Topliss-reactive ketones (excluding diaryl/α,β-unsaturated/α-hetero) is 1. The van der Waals surface area contributed by atoms with Crippen molar-refractivity contribution in [1.82, 2.24) is 9.88 Å². The summed E-state index contributed by atoms with van der Waals surface area (Å²) in [5, 5.41) is 3.71. The normalized spacial score (nSPS) is 13.2. The molecule has 1 aromatic carbocycles. The quantitative estimate of drug-likeness (QED) is 0.421. The Bertz CT molecular complexity index is 761. The van der Waals surface area contributed by atoms with Crippen LogP contribution in [0.25, 0.3) is 10.9 Å². The second-order valence-corrected chi connectivity index (χ2v) is 7.01. The van der Waals surface area contributed by atoms with Gasteiger partial charge in [-0.3, -0.25) is 9.59 Å². The highest BCUT2D eigenvalue weighted by molar-refractivity contribution is 6.45. The standard InChI is InChI=1S/C21H28N2O2/c1-2-3-4-5-6-7-13-22-21(25)20(24)18-15-23-14-9-11-16-10-8-12-17(18)19(16)23/h8,10,12,15H,2-7,9,11,13-14H2,1H3,(H,22,25). The highest BCUT2D eigenvalue weighted by atomic mass is 16.2. The Morgan fingerprint density at radius 2 is 1.92 bits per heavy atom. The highest BCUT2D eigenvalue weighted by Gasteiger charge is 2.23. The van der Waals surface area contributed by atoms with Gasteiger partial charge in [-0.25, -0.2) is 0 Å². The van der Waals surface area contributed by atoms with E-state index in [9.17, 15) is 9.59 Å². The number of aromatic nitrogens is 1. The van der Waals surface area contributed by atoms with E-state index in [-0.39, 0.29) is 0 Å². The lowest BCUT2D eigenvalue weighted by atomic mass is 10.0. The van der Waals surface area contributed by atoms with E-state index in [1.54, 1.807) is 0 Å². The number of ketones is 1. The van der Waals surface area contributed by atoms with Gasteiger partial charge in [-0.05, 0) is 24.8 Å². The summed E-state index contributed by atoms with van der Waals surface area (Å²) in [5.74, 6) is -0.883. The van der Waals surface area contributed by atoms with Crippen LogP contribution < -0.4 is 5.32 Å². The van der Waals surface area contributed by atoms with Crippen molar-refractivity contribution < 1.29 is 9.59 Å². The van der Waals surface area contributed by atoms with Crippen LogP contribution in [0.3, 0.4) is 0 Å². The van der Waals surface area contributed by atoms with Crippen LogP contribution in [0.2, 0.25) is 0 Å². The summed E-state index contributed by atoms with van der Waals surface area (Å²) in [6, 6.07) is 6.05. The molecule has 1 amide bonds. The summed E-state index contributed by atoms with van der Waals surface area (Å²) < 4.78 is 2.13. The SMILES string of the molecule is CCCCCCCCNC(=O)C(=O)c1cn2c3c(cccc13)CCC2. The van der Waals surface area contributed by atoms with Crippen LogP contribution in [-0.2, 0) is 17.8 Å². The Morgan fingerprint density at radius 1 is 1.12 bits per heavy atom. The molecule has 4 nitrogen and oxygen atoms in total. The van der Waals surface area contributed by atoms with Crippen molar-refractivity contribution in [3.8, 4) is 0 Å². The minimum absolute atomic E-state index is 0.409. The molecule has 3 rings (SSSR count). The Morgan fingerprint density at radius 3 is 2.76 bits per heavy atom. The summed E-state index contributed by atoms with van der Waals surface area (Å²) in [5.41, 5.74) is 2.94. The van der Waals surface area contributed by atoms with Gasteiger partial charge in [-0.15, -0.1) is 0 Å². The molecule has 4 heteroatoms. The van der Waals surface area contributed by atoms with Crippen molar-refractivity contribution in [1.29, 1.82) is 0 Å². The lowest BCUT2D eigenvalue weighted by Crippen LogP contribution is -2.31. The van der Waals surface area contributed by atoms with Gasteiger partial charge in [-0.2, -0.15) is 0 Å². The van der Waals surface area contributed by atoms with E-state index >= 15 is 0 Å². The number of amides is 1. The summed E-state index contributed by atoms with van der Waals surface area (Å²) >= 11 is 0. The van der Waals surface area contributed by atoms with Crippen molar-refractivity contribution >= 4 is 22.6 Å². The van der Waals surface area contributed by atoms with E-state index in [1.807, 2.05) is 18.3 Å². The zero-order chi connectivity index (χ0) is 17.6. The molecule has 1 aliphatic rings. The van der Waals surface area contributed by atoms with E-state index in [2.05, 4.69) is 22.9 Å². The molecule has 0 unspecified atom stereocenters. The van der Waals surface area contributed by atoms with Crippen molar-refractivity contribution in [3.05, 3.63) is 35.5 Å². The summed E-state index contributed by atoms with van der Waals surface area (Å²) in [4.78, 5) is 24.8. The van der Waals surface area contributed by atoms with Gasteiger partial charge < -0.3 is 9.88 Å². The highest BCUT2D eigenvalue weighted by Crippen LogP contribution is 2.29. The maximum absolute atomic E-state index is 12.6. The second-order valence-electron chi connectivity index (χ2n) is 7.01. The van der Waals surface area contributed by atoms with Crippen molar-refractivity contribution in [3.63, 3.8) is 0 Å². The van der Waals surface area contributed by atoms with Gasteiger partial charge >= 0.3 is 0 Å². The monoisotopic (exact) mass is 340 g/mol. The largest absolute Gasteiger partial charge is 0.349 e. The van der Waals surface area contributed by atoms with Gasteiger partial charge in [0.05, 0.1) is 11.1 Å². The fourth-order valence-corrected chi connectivity index (χ4v) is 3.75. The average Bonchev–Trinajstić information content (AvgIpc) is 3.01. The molecule has 25 heavy (non-hydrogen) atoms. The fraction of sp³-hybridized carbons (Fsp3) is 0.524. The number of para-hydroxylation sites is 1. The predicted octanol–water partition coefficient (Wildman–Crippen LogP) is 4.25. The van der Waals surface area contributed by atoms with Gasteiger partial charge in [0.2, 0.25) is 0 Å². The molecule has 1 aliphatic heterocycles. The van der Waals surface area contributed by atoms with Crippen molar-refractivity contribution in [2.75, 3.05) is 6.54 Å². The van der Waals surface area contributed by atoms with Crippen molar-refractivity contribution in [2.24, 2.45) is 0 Å².